The molecule has 0 radical (unpaired) electrons. The molecule has 0 aromatic heterocycles. The second-order valence-electron chi connectivity index (χ2n) is 9.60. The summed E-state index contributed by atoms with van der Waals surface area (Å²) in [6.07, 6.45) is 1.75. The highest BCUT2D eigenvalue weighted by Crippen LogP contribution is 2.53. The molecule has 0 N–H and O–H groups in total. The number of carbonyl (C=O) groups is 3. The molecule has 2 amide bonds. The smallest absolute Gasteiger partial charge is 0.411 e. The third-order valence-electron chi connectivity index (χ3n) is 6.40. The first-order valence-electron chi connectivity index (χ1n) is 10.7. The van der Waals surface area contributed by atoms with Gasteiger partial charge in [-0.3, -0.25) is 9.69 Å². The minimum absolute atomic E-state index is 0.160. The predicted octanol–water partition coefficient (Wildman–Crippen LogP) is 3.22. The Bertz CT molecular complexity index is 886. The fraction of sp³-hybridized carbons (Fsp3) is 0.609. The highest BCUT2D eigenvalue weighted by Gasteiger charge is 2.68. The zero-order valence-corrected chi connectivity index (χ0v) is 19.4. The van der Waals surface area contributed by atoms with Crippen LogP contribution in [0, 0.1) is 0 Å². The van der Waals surface area contributed by atoms with E-state index < -0.39 is 28.7 Å². The molecule has 3 atom stereocenters. The van der Waals surface area contributed by atoms with Crippen LogP contribution in [-0.4, -0.2) is 69.2 Å². The lowest BCUT2D eigenvalue weighted by molar-refractivity contribution is -0.160. The summed E-state index contributed by atoms with van der Waals surface area (Å²) >= 11 is 1.60. The van der Waals surface area contributed by atoms with E-state index in [2.05, 4.69) is 0 Å². The Balaban J connectivity index is 1.68. The minimum atomic E-state index is -1.08. The molecule has 4 rings (SSSR count). The maximum atomic E-state index is 14.0. The van der Waals surface area contributed by atoms with Gasteiger partial charge in [0.1, 0.15) is 11.1 Å². The zero-order valence-electron chi connectivity index (χ0n) is 18.6. The highest BCUT2D eigenvalue weighted by atomic mass is 32.2. The standard InChI is InChI=1S/C23H30N2O5S/c1-21(2,3)30-20(28)24-12-8-11-22(24)14-17-25(18(22)26)23(15-31-17,19(27)29-4)13-16-9-6-5-7-10-16/h5-7,9-10,17H,8,11-15H2,1-4H3/t17-,22+,23+/m1/s1. The van der Waals surface area contributed by atoms with Crippen molar-refractivity contribution in [3.8, 4) is 0 Å². The van der Waals surface area contributed by atoms with E-state index in [0.717, 1.165) is 12.0 Å². The van der Waals surface area contributed by atoms with Gasteiger partial charge in [0.2, 0.25) is 0 Å². The molecule has 1 aromatic carbocycles. The normalized spacial score (nSPS) is 30.1. The molecule has 0 bridgehead atoms. The molecule has 168 valence electrons. The maximum Gasteiger partial charge on any atom is 0.411 e. The molecule has 8 heteroatoms. The molecule has 31 heavy (non-hydrogen) atoms. The number of hydrogen-bond acceptors (Lipinski definition) is 6. The summed E-state index contributed by atoms with van der Waals surface area (Å²) in [4.78, 5) is 43.4. The number of methoxy groups -OCH3 is 1. The van der Waals surface area contributed by atoms with E-state index in [1.54, 1.807) is 21.6 Å². The largest absolute Gasteiger partial charge is 0.467 e. The molecule has 1 aromatic rings. The molecular weight excluding hydrogens is 416 g/mol. The molecule has 0 unspecified atom stereocenters. The molecule has 3 saturated heterocycles. The summed E-state index contributed by atoms with van der Waals surface area (Å²) in [5.74, 6) is -0.0845. The maximum absolute atomic E-state index is 14.0. The Morgan fingerprint density at radius 2 is 1.94 bits per heavy atom. The van der Waals surface area contributed by atoms with Gasteiger partial charge >= 0.3 is 12.1 Å². The summed E-state index contributed by atoms with van der Waals surface area (Å²) in [6, 6.07) is 9.69. The number of benzene rings is 1. The monoisotopic (exact) mass is 446 g/mol. The quantitative estimate of drug-likeness (QED) is 0.664. The second-order valence-corrected chi connectivity index (χ2v) is 10.8. The summed E-state index contributed by atoms with van der Waals surface area (Å²) in [6.45, 7) is 5.94. The van der Waals surface area contributed by atoms with Crippen LogP contribution in [0.4, 0.5) is 4.79 Å². The van der Waals surface area contributed by atoms with E-state index in [1.807, 2.05) is 51.1 Å². The number of hydrogen-bond donors (Lipinski definition) is 0. The van der Waals surface area contributed by atoms with Crippen LogP contribution in [0.15, 0.2) is 30.3 Å². The first-order valence-corrected chi connectivity index (χ1v) is 11.8. The van der Waals surface area contributed by atoms with E-state index in [0.29, 0.717) is 31.6 Å². The summed E-state index contributed by atoms with van der Waals surface area (Å²) in [5.41, 5.74) is -1.69. The number of fused-ring (bicyclic) bond motifs is 1. The Morgan fingerprint density at radius 1 is 1.23 bits per heavy atom. The molecule has 3 aliphatic heterocycles. The third-order valence-corrected chi connectivity index (χ3v) is 7.81. The number of thioether (sulfide) groups is 1. The fourth-order valence-corrected chi connectivity index (χ4v) is 6.78. The summed E-state index contributed by atoms with van der Waals surface area (Å²) in [7, 11) is 1.37. The average Bonchev–Trinajstić information content (AvgIpc) is 3.37. The number of ether oxygens (including phenoxy) is 2. The van der Waals surface area contributed by atoms with Crippen LogP contribution in [-0.2, 0) is 25.5 Å². The molecule has 3 heterocycles. The van der Waals surface area contributed by atoms with Crippen LogP contribution in [0.1, 0.15) is 45.6 Å². The Labute approximate surface area is 187 Å². The van der Waals surface area contributed by atoms with Crippen LogP contribution in [0.5, 0.6) is 0 Å². The first kappa shape index (κ1) is 22.0. The van der Waals surface area contributed by atoms with Crippen molar-refractivity contribution >= 4 is 29.7 Å². The van der Waals surface area contributed by atoms with E-state index in [4.69, 9.17) is 9.47 Å². The molecule has 3 fully saturated rings. The van der Waals surface area contributed by atoms with Crippen LogP contribution in [0.25, 0.3) is 0 Å². The fourth-order valence-electron chi connectivity index (χ4n) is 5.11. The van der Waals surface area contributed by atoms with Gasteiger partial charge in [0, 0.05) is 25.1 Å². The Hall–Kier alpha value is -2.22. The number of rotatable bonds is 3. The van der Waals surface area contributed by atoms with E-state index >= 15 is 0 Å². The van der Waals surface area contributed by atoms with Gasteiger partial charge in [-0.05, 0) is 39.2 Å². The number of nitrogens with zero attached hydrogens (tertiary/aromatic N) is 2. The number of likely N-dealkylation sites (tertiary alicyclic amines) is 1. The van der Waals surface area contributed by atoms with Crippen LogP contribution < -0.4 is 0 Å². The minimum Gasteiger partial charge on any atom is -0.467 e. The van der Waals surface area contributed by atoms with Gasteiger partial charge in [0.15, 0.2) is 5.54 Å². The topological polar surface area (TPSA) is 76.1 Å². The van der Waals surface area contributed by atoms with E-state index in [1.165, 1.54) is 7.11 Å². The van der Waals surface area contributed by atoms with Crippen molar-refractivity contribution in [1.82, 2.24) is 9.80 Å². The van der Waals surface area contributed by atoms with Crippen LogP contribution in [0.2, 0.25) is 0 Å². The lowest BCUT2D eigenvalue weighted by Crippen LogP contribution is -2.61. The SMILES string of the molecule is COC(=O)[C@]1(Cc2ccccc2)CS[C@@H]2C[C@@]3(CCCN3C(=O)OC(C)(C)C)C(=O)N21. The second kappa shape index (κ2) is 7.73. The number of carbonyl (C=O) groups excluding carboxylic acids is 3. The number of amides is 2. The lowest BCUT2D eigenvalue weighted by atomic mass is 9.89. The van der Waals surface area contributed by atoms with E-state index in [-0.39, 0.29) is 11.3 Å². The van der Waals surface area contributed by atoms with Crippen LogP contribution in [0.3, 0.4) is 0 Å². The van der Waals surface area contributed by atoms with Gasteiger partial charge in [-0.2, -0.15) is 0 Å². The van der Waals surface area contributed by atoms with Crippen molar-refractivity contribution in [2.75, 3.05) is 19.4 Å². The number of esters is 1. The van der Waals surface area contributed by atoms with Crippen molar-refractivity contribution < 1.29 is 23.9 Å². The van der Waals surface area contributed by atoms with Crippen molar-refractivity contribution in [3.05, 3.63) is 35.9 Å². The van der Waals surface area contributed by atoms with Gasteiger partial charge in [0.05, 0.1) is 12.5 Å². The van der Waals surface area contributed by atoms with Crippen molar-refractivity contribution in [3.63, 3.8) is 0 Å². The lowest BCUT2D eigenvalue weighted by Gasteiger charge is -2.39. The van der Waals surface area contributed by atoms with Crippen molar-refractivity contribution in [2.24, 2.45) is 0 Å². The summed E-state index contributed by atoms with van der Waals surface area (Å²) < 4.78 is 10.8. The summed E-state index contributed by atoms with van der Waals surface area (Å²) in [5, 5.41) is -0.168. The van der Waals surface area contributed by atoms with Crippen molar-refractivity contribution in [1.29, 1.82) is 0 Å². The molecule has 0 aliphatic carbocycles. The molecule has 7 nitrogen and oxygen atoms in total. The van der Waals surface area contributed by atoms with Crippen molar-refractivity contribution in [2.45, 2.75) is 68.5 Å². The molecule has 1 spiro atoms. The first-order chi connectivity index (χ1) is 14.6. The van der Waals surface area contributed by atoms with Gasteiger partial charge in [-0.15, -0.1) is 11.8 Å². The van der Waals surface area contributed by atoms with Crippen LogP contribution >= 0.6 is 11.8 Å². The zero-order chi connectivity index (χ0) is 22.4. The van der Waals surface area contributed by atoms with E-state index in [9.17, 15) is 14.4 Å². The van der Waals surface area contributed by atoms with Gasteiger partial charge in [0.25, 0.3) is 5.91 Å². The van der Waals surface area contributed by atoms with Gasteiger partial charge in [-0.1, -0.05) is 30.3 Å². The highest BCUT2D eigenvalue weighted by molar-refractivity contribution is 8.00. The third kappa shape index (κ3) is 3.58. The molecule has 3 aliphatic rings. The van der Waals surface area contributed by atoms with Gasteiger partial charge in [-0.25, -0.2) is 9.59 Å². The predicted molar refractivity (Wildman–Crippen MR) is 118 cm³/mol. The molecular formula is C23H30N2O5S. The molecule has 0 saturated carbocycles. The Kier molecular flexibility index (Phi) is 5.48. The van der Waals surface area contributed by atoms with Gasteiger partial charge < -0.3 is 14.4 Å². The average molecular weight is 447 g/mol. The Morgan fingerprint density at radius 3 is 2.58 bits per heavy atom.